The number of carbonyl (C=O) groups excluding carboxylic acids is 4. The molecule has 4 aliphatic rings. The smallest absolute Gasteiger partial charge is 0.190 e. The van der Waals surface area contributed by atoms with Crippen LogP contribution in [-0.2, 0) is 19.2 Å². The van der Waals surface area contributed by atoms with E-state index in [9.17, 15) is 44.7 Å². The average molecular weight is 479 g/mol. The molecule has 0 aromatic carbocycles. The minimum Gasteiger partial charge on any atom is -0.550 e. The molecule has 3 saturated carbocycles. The zero-order valence-electron chi connectivity index (χ0n) is 19.7. The first-order valence-corrected chi connectivity index (χ1v) is 12.0. The summed E-state index contributed by atoms with van der Waals surface area (Å²) in [4.78, 5) is 43.3. The number of fused-ring (bicyclic) bond motifs is 5. The molecule has 0 amide bonds. The second-order valence-corrected chi connectivity index (χ2v) is 10.8. The number of allylic oxidation sites excluding steroid dienone is 1. The topological polar surface area (TPSA) is 175 Å². The lowest BCUT2D eigenvalue weighted by atomic mass is 9.45. The number of aliphatic carboxylic acids is 2. The van der Waals surface area contributed by atoms with E-state index in [1.54, 1.807) is 6.08 Å². The van der Waals surface area contributed by atoms with Gasteiger partial charge in [-0.2, -0.15) is 0 Å². The highest BCUT2D eigenvalue weighted by Crippen LogP contribution is 2.67. The molecule has 0 saturated heterocycles. The van der Waals surface area contributed by atoms with E-state index in [1.165, 1.54) is 5.57 Å². The quantitative estimate of drug-likeness (QED) is 0.450. The monoisotopic (exact) mass is 478 g/mol. The maximum atomic E-state index is 12.4. The van der Waals surface area contributed by atoms with Gasteiger partial charge in [0.15, 0.2) is 11.6 Å². The fourth-order valence-corrected chi connectivity index (χ4v) is 7.49. The van der Waals surface area contributed by atoms with E-state index < -0.39 is 54.3 Å². The normalized spacial score (nSPS) is 40.6. The molecule has 0 heterocycles. The molecule has 0 bridgehead atoms. The molecule has 7 atom stereocenters. The molecule has 190 valence electrons. The lowest BCUT2D eigenvalue weighted by molar-refractivity contribution is -0.315. The first-order chi connectivity index (χ1) is 15.8. The largest absolute Gasteiger partial charge is 0.550 e. The number of carboxylic acids is 2. The third-order valence-electron chi connectivity index (χ3n) is 9.19. The maximum absolute atomic E-state index is 12.4. The van der Waals surface area contributed by atoms with Gasteiger partial charge in [-0.15, -0.1) is 0 Å². The molecule has 4 rings (SSSR count). The molecule has 0 radical (unpaired) electrons. The van der Waals surface area contributed by atoms with Crippen LogP contribution in [0.1, 0.15) is 71.6 Å². The molecule has 0 unspecified atom stereocenters. The van der Waals surface area contributed by atoms with Crippen LogP contribution in [0.15, 0.2) is 11.6 Å². The Kier molecular flexibility index (Phi) is 7.41. The summed E-state index contributed by atoms with van der Waals surface area (Å²) in [5.74, 6) is -2.59. The van der Waals surface area contributed by atoms with Crippen molar-refractivity contribution in [2.45, 2.75) is 83.3 Å². The van der Waals surface area contributed by atoms with Gasteiger partial charge in [0.2, 0.25) is 0 Å². The van der Waals surface area contributed by atoms with E-state index >= 15 is 0 Å². The minimum atomic E-state index is -1.54. The summed E-state index contributed by atoms with van der Waals surface area (Å²) in [6.07, 6.45) is 4.80. The van der Waals surface area contributed by atoms with E-state index in [1.807, 2.05) is 6.92 Å². The van der Waals surface area contributed by atoms with Crippen LogP contribution in [0, 0.1) is 28.6 Å². The lowest BCUT2D eigenvalue weighted by Gasteiger charge is -2.60. The second kappa shape index (κ2) is 9.51. The predicted octanol–water partition coefficient (Wildman–Crippen LogP) is -0.952. The van der Waals surface area contributed by atoms with Crippen molar-refractivity contribution in [3.05, 3.63) is 11.6 Å². The van der Waals surface area contributed by atoms with Crippen LogP contribution in [0.5, 0.6) is 0 Å². The average Bonchev–Trinajstić information content (AvgIpc) is 3.03. The van der Waals surface area contributed by atoms with Crippen LogP contribution in [0.3, 0.4) is 0 Å². The molecule has 0 aromatic rings. The van der Waals surface area contributed by atoms with Crippen molar-refractivity contribution in [2.24, 2.45) is 28.6 Å². The number of ketones is 2. The van der Waals surface area contributed by atoms with E-state index in [4.69, 9.17) is 0 Å². The number of rotatable bonds is 5. The Bertz CT molecular complexity index is 881. The molecular formula is C25H34O9-2. The highest BCUT2D eigenvalue weighted by Gasteiger charge is 2.68. The van der Waals surface area contributed by atoms with Gasteiger partial charge in [0, 0.05) is 23.8 Å². The Balaban J connectivity index is 0.000000350. The number of carbonyl (C=O) groups is 4. The number of aliphatic hydroxyl groups is 3. The molecule has 0 spiro atoms. The van der Waals surface area contributed by atoms with Crippen molar-refractivity contribution in [1.29, 1.82) is 0 Å². The fourth-order valence-electron chi connectivity index (χ4n) is 7.49. The number of carboxylic acid groups (broad SMARTS) is 2. The van der Waals surface area contributed by atoms with Gasteiger partial charge in [0.05, 0.1) is 6.10 Å². The van der Waals surface area contributed by atoms with Crippen LogP contribution in [0.25, 0.3) is 0 Å². The summed E-state index contributed by atoms with van der Waals surface area (Å²) < 4.78 is 0. The second-order valence-electron chi connectivity index (χ2n) is 10.8. The fraction of sp³-hybridized carbons (Fsp3) is 0.760. The predicted molar refractivity (Wildman–Crippen MR) is 114 cm³/mol. The van der Waals surface area contributed by atoms with Crippen molar-refractivity contribution >= 4 is 23.5 Å². The van der Waals surface area contributed by atoms with Crippen LogP contribution in [-0.4, -0.2) is 57.1 Å². The first kappa shape index (κ1) is 26.5. The molecule has 0 aromatic heterocycles. The summed E-state index contributed by atoms with van der Waals surface area (Å²) >= 11 is 0. The van der Waals surface area contributed by atoms with Crippen molar-refractivity contribution in [3.63, 3.8) is 0 Å². The molecule has 3 fully saturated rings. The van der Waals surface area contributed by atoms with Gasteiger partial charge in [-0.3, -0.25) is 9.59 Å². The maximum Gasteiger partial charge on any atom is 0.190 e. The molecular weight excluding hydrogens is 444 g/mol. The SMILES string of the molecule is C[C@]12CCC(=O)C=C1CC[C@@H]1[C@@H]2[C@@H](O)C[C@@]2(C)[C@H]1CC[C@]2(O)C(=O)CO.O=C([O-])CCC(=O)[O-]. The zero-order valence-corrected chi connectivity index (χ0v) is 19.7. The lowest BCUT2D eigenvalue weighted by Crippen LogP contribution is -2.62. The molecule has 9 heteroatoms. The van der Waals surface area contributed by atoms with Crippen LogP contribution in [0.2, 0.25) is 0 Å². The third-order valence-corrected chi connectivity index (χ3v) is 9.19. The van der Waals surface area contributed by atoms with Gasteiger partial charge < -0.3 is 35.1 Å². The summed E-state index contributed by atoms with van der Waals surface area (Å²) in [7, 11) is 0. The minimum absolute atomic E-state index is 0.0697. The number of Topliss-reactive ketones (excluding diaryl/α,β-unsaturated/α-hetero) is 1. The Labute approximate surface area is 198 Å². The van der Waals surface area contributed by atoms with E-state index in [2.05, 4.69) is 6.92 Å². The van der Waals surface area contributed by atoms with Crippen molar-refractivity contribution < 1.29 is 44.7 Å². The van der Waals surface area contributed by atoms with Crippen LogP contribution in [0.4, 0.5) is 0 Å². The third kappa shape index (κ3) is 4.33. The van der Waals surface area contributed by atoms with Gasteiger partial charge in [-0.05, 0) is 80.6 Å². The molecule has 34 heavy (non-hydrogen) atoms. The van der Waals surface area contributed by atoms with Crippen molar-refractivity contribution in [3.8, 4) is 0 Å². The van der Waals surface area contributed by atoms with E-state index in [0.29, 0.717) is 19.3 Å². The number of aliphatic hydroxyl groups excluding tert-OH is 2. The summed E-state index contributed by atoms with van der Waals surface area (Å²) in [5, 5.41) is 50.7. The number of hydrogen-bond donors (Lipinski definition) is 3. The summed E-state index contributed by atoms with van der Waals surface area (Å²) in [6, 6.07) is 0. The summed E-state index contributed by atoms with van der Waals surface area (Å²) in [5.41, 5.74) is -1.23. The Morgan fingerprint density at radius 1 is 1.06 bits per heavy atom. The van der Waals surface area contributed by atoms with E-state index in [0.717, 1.165) is 25.7 Å². The van der Waals surface area contributed by atoms with Gasteiger partial charge in [-0.25, -0.2) is 0 Å². The number of hydrogen-bond acceptors (Lipinski definition) is 9. The first-order valence-electron chi connectivity index (χ1n) is 12.0. The molecule has 3 N–H and O–H groups in total. The van der Waals surface area contributed by atoms with Crippen LogP contribution < -0.4 is 10.2 Å². The van der Waals surface area contributed by atoms with Crippen LogP contribution >= 0.6 is 0 Å². The molecule has 4 aliphatic carbocycles. The standard InChI is InChI=1S/C21H30O5.C4H6O4/c1-19-7-5-13(23)9-12(19)3-4-14-15-6-8-21(26,17(25)11-22)20(15,2)10-16(24)18(14)19;5-3(6)1-2-4(7)8/h9,14-16,18,22,24,26H,3-8,10-11H2,1-2H3;1-2H2,(H,5,6)(H,7,8)/p-2/t14-,15-,16-,18+,19-,20-,21-;/m0./s1. The van der Waals surface area contributed by atoms with Gasteiger partial charge >= 0.3 is 0 Å². The molecule has 9 nitrogen and oxygen atoms in total. The Morgan fingerprint density at radius 3 is 2.24 bits per heavy atom. The van der Waals surface area contributed by atoms with Gasteiger partial charge in [0.25, 0.3) is 0 Å². The van der Waals surface area contributed by atoms with Crippen molar-refractivity contribution in [1.82, 2.24) is 0 Å². The molecule has 0 aliphatic heterocycles. The van der Waals surface area contributed by atoms with Gasteiger partial charge in [-0.1, -0.05) is 19.4 Å². The van der Waals surface area contributed by atoms with E-state index in [-0.39, 0.29) is 29.0 Å². The Morgan fingerprint density at radius 2 is 1.68 bits per heavy atom. The zero-order chi connectivity index (χ0) is 25.5. The Hall–Kier alpha value is -2.10. The highest BCUT2D eigenvalue weighted by molar-refractivity contribution is 5.91. The highest BCUT2D eigenvalue weighted by atomic mass is 16.4. The van der Waals surface area contributed by atoms with Crippen molar-refractivity contribution in [2.75, 3.05) is 6.61 Å². The summed E-state index contributed by atoms with van der Waals surface area (Å²) in [6.45, 7) is 3.46. The van der Waals surface area contributed by atoms with Gasteiger partial charge in [0.1, 0.15) is 12.2 Å².